The zero-order valence-electron chi connectivity index (χ0n) is 17.9. The molecule has 7 nitrogen and oxygen atoms in total. The molecule has 2 heterocycles. The minimum Gasteiger partial charge on any atom is -0.352 e. The van der Waals surface area contributed by atoms with Crippen LogP contribution in [0.15, 0.2) is 29.3 Å². The molecule has 1 fully saturated rings. The van der Waals surface area contributed by atoms with Gasteiger partial charge in [0.1, 0.15) is 11.4 Å². The molecule has 0 atom stereocenters. The molecular weight excluding hydrogens is 412 g/mol. The van der Waals surface area contributed by atoms with Crippen molar-refractivity contribution in [1.29, 1.82) is 0 Å². The van der Waals surface area contributed by atoms with Gasteiger partial charge in [-0.3, -0.25) is 19.0 Å². The van der Waals surface area contributed by atoms with Gasteiger partial charge in [-0.1, -0.05) is 30.5 Å². The van der Waals surface area contributed by atoms with Crippen molar-refractivity contribution in [3.8, 4) is 0 Å². The predicted molar refractivity (Wildman–Crippen MR) is 123 cm³/mol. The Morgan fingerprint density at radius 2 is 1.94 bits per heavy atom. The van der Waals surface area contributed by atoms with Gasteiger partial charge in [0, 0.05) is 11.7 Å². The maximum absolute atomic E-state index is 13.0. The molecule has 8 heteroatoms. The minimum atomic E-state index is -0.300. The van der Waals surface area contributed by atoms with Crippen molar-refractivity contribution >= 4 is 39.1 Å². The Kier molecular flexibility index (Phi) is 5.91. The molecule has 3 aromatic rings. The SMILES string of the molecule is Cc1ccc(NC(=O)c2sc3ncn(CC(=O)NC4CCCC4)c(=O)c3c2C)c(C)c1. The fraction of sp³-hybridized carbons (Fsp3) is 0.391. The standard InChI is InChI=1S/C23H26N4O3S/c1-13-8-9-17(14(2)10-13)26-21(29)20-15(3)19-22(31-20)24-12-27(23(19)30)11-18(28)25-16-6-4-5-7-16/h8-10,12,16H,4-7,11H2,1-3H3,(H,25,28)(H,26,29). The maximum Gasteiger partial charge on any atom is 0.266 e. The van der Waals surface area contributed by atoms with Crippen molar-refractivity contribution in [2.75, 3.05) is 5.32 Å². The van der Waals surface area contributed by atoms with E-state index in [1.807, 2.05) is 32.0 Å². The topological polar surface area (TPSA) is 93.1 Å². The number of hydrogen-bond donors (Lipinski definition) is 2. The summed E-state index contributed by atoms with van der Waals surface area (Å²) in [6.45, 7) is 5.62. The average Bonchev–Trinajstić information content (AvgIpc) is 3.34. The van der Waals surface area contributed by atoms with Crippen LogP contribution in [0, 0.1) is 20.8 Å². The molecule has 0 radical (unpaired) electrons. The number of aryl methyl sites for hydroxylation is 3. The quantitative estimate of drug-likeness (QED) is 0.635. The van der Waals surface area contributed by atoms with E-state index in [-0.39, 0.29) is 30.0 Å². The van der Waals surface area contributed by atoms with E-state index in [9.17, 15) is 14.4 Å². The van der Waals surface area contributed by atoms with Crippen LogP contribution in [0.5, 0.6) is 0 Å². The van der Waals surface area contributed by atoms with E-state index < -0.39 is 0 Å². The highest BCUT2D eigenvalue weighted by Gasteiger charge is 2.21. The van der Waals surface area contributed by atoms with Crippen LogP contribution in [0.25, 0.3) is 10.2 Å². The molecule has 4 rings (SSSR count). The molecular formula is C23H26N4O3S. The second kappa shape index (κ2) is 8.63. The first-order chi connectivity index (χ1) is 14.8. The number of carbonyl (C=O) groups excluding carboxylic acids is 2. The summed E-state index contributed by atoms with van der Waals surface area (Å²) in [5, 5.41) is 6.32. The fourth-order valence-corrected chi connectivity index (χ4v) is 5.15. The number of benzene rings is 1. The van der Waals surface area contributed by atoms with E-state index in [0.29, 0.717) is 20.7 Å². The van der Waals surface area contributed by atoms with Crippen molar-refractivity contribution in [3.05, 3.63) is 56.4 Å². The molecule has 1 aliphatic carbocycles. The Bertz CT molecular complexity index is 1220. The maximum atomic E-state index is 13.0. The molecule has 1 aliphatic rings. The van der Waals surface area contributed by atoms with Crippen LogP contribution in [-0.2, 0) is 11.3 Å². The number of aromatic nitrogens is 2. The van der Waals surface area contributed by atoms with Crippen molar-refractivity contribution < 1.29 is 9.59 Å². The molecule has 0 unspecified atom stereocenters. The highest BCUT2D eigenvalue weighted by molar-refractivity contribution is 7.20. The normalized spacial score (nSPS) is 14.2. The minimum absolute atomic E-state index is 0.0718. The molecule has 0 saturated heterocycles. The third kappa shape index (κ3) is 4.39. The van der Waals surface area contributed by atoms with Gasteiger partial charge >= 0.3 is 0 Å². The summed E-state index contributed by atoms with van der Waals surface area (Å²) in [4.78, 5) is 43.6. The van der Waals surface area contributed by atoms with Crippen LogP contribution < -0.4 is 16.2 Å². The van der Waals surface area contributed by atoms with Crippen molar-refractivity contribution in [2.24, 2.45) is 0 Å². The number of hydrogen-bond acceptors (Lipinski definition) is 5. The summed E-state index contributed by atoms with van der Waals surface area (Å²) in [5.41, 5.74) is 3.12. The zero-order chi connectivity index (χ0) is 22.1. The second-order valence-electron chi connectivity index (χ2n) is 8.24. The zero-order valence-corrected chi connectivity index (χ0v) is 18.8. The smallest absolute Gasteiger partial charge is 0.266 e. The van der Waals surface area contributed by atoms with Gasteiger partial charge in [-0.05, 0) is 50.8 Å². The molecule has 0 bridgehead atoms. The largest absolute Gasteiger partial charge is 0.352 e. The van der Waals surface area contributed by atoms with Crippen LogP contribution in [0.1, 0.15) is 52.0 Å². The first kappa shape index (κ1) is 21.2. The number of amides is 2. The van der Waals surface area contributed by atoms with E-state index in [0.717, 1.165) is 42.5 Å². The first-order valence-electron chi connectivity index (χ1n) is 10.5. The lowest BCUT2D eigenvalue weighted by atomic mass is 10.1. The number of fused-ring (bicyclic) bond motifs is 1. The third-order valence-electron chi connectivity index (χ3n) is 5.79. The average molecular weight is 439 g/mol. The Morgan fingerprint density at radius 3 is 2.65 bits per heavy atom. The van der Waals surface area contributed by atoms with Crippen molar-refractivity contribution in [2.45, 2.75) is 59.0 Å². The van der Waals surface area contributed by atoms with Gasteiger partial charge in [0.2, 0.25) is 5.91 Å². The predicted octanol–water partition coefficient (Wildman–Crippen LogP) is 3.69. The van der Waals surface area contributed by atoms with E-state index in [1.165, 1.54) is 22.2 Å². The van der Waals surface area contributed by atoms with Crippen LogP contribution in [-0.4, -0.2) is 27.4 Å². The van der Waals surface area contributed by atoms with E-state index in [1.54, 1.807) is 6.92 Å². The van der Waals surface area contributed by atoms with Gasteiger partial charge in [-0.25, -0.2) is 4.98 Å². The molecule has 0 spiro atoms. The number of nitrogens with zero attached hydrogens (tertiary/aromatic N) is 2. The molecule has 0 aliphatic heterocycles. The first-order valence-corrected chi connectivity index (χ1v) is 11.3. The van der Waals surface area contributed by atoms with E-state index in [4.69, 9.17) is 0 Å². The van der Waals surface area contributed by atoms with Gasteiger partial charge in [0.05, 0.1) is 16.6 Å². The highest BCUT2D eigenvalue weighted by Crippen LogP contribution is 2.28. The Hall–Kier alpha value is -3.00. The van der Waals surface area contributed by atoms with Gasteiger partial charge in [0.15, 0.2) is 0 Å². The van der Waals surface area contributed by atoms with Crippen molar-refractivity contribution in [1.82, 2.24) is 14.9 Å². The van der Waals surface area contributed by atoms with Crippen LogP contribution >= 0.6 is 11.3 Å². The van der Waals surface area contributed by atoms with Crippen molar-refractivity contribution in [3.63, 3.8) is 0 Å². The molecule has 31 heavy (non-hydrogen) atoms. The van der Waals surface area contributed by atoms with Crippen LogP contribution in [0.4, 0.5) is 5.69 Å². The lowest BCUT2D eigenvalue weighted by Gasteiger charge is -2.12. The Balaban J connectivity index is 1.58. The molecule has 2 amide bonds. The second-order valence-corrected chi connectivity index (χ2v) is 9.23. The fourth-order valence-electron chi connectivity index (χ4n) is 4.12. The summed E-state index contributed by atoms with van der Waals surface area (Å²) < 4.78 is 1.32. The number of anilines is 1. The molecule has 1 saturated carbocycles. The van der Waals surface area contributed by atoms with E-state index in [2.05, 4.69) is 15.6 Å². The lowest BCUT2D eigenvalue weighted by molar-refractivity contribution is -0.122. The van der Waals surface area contributed by atoms with E-state index >= 15 is 0 Å². The number of rotatable bonds is 5. The van der Waals surface area contributed by atoms with Gasteiger partial charge in [-0.2, -0.15) is 0 Å². The van der Waals surface area contributed by atoms with Gasteiger partial charge in [-0.15, -0.1) is 11.3 Å². The van der Waals surface area contributed by atoms with Crippen LogP contribution in [0.2, 0.25) is 0 Å². The molecule has 2 aromatic heterocycles. The Labute approximate surface area is 184 Å². The third-order valence-corrected chi connectivity index (χ3v) is 6.99. The van der Waals surface area contributed by atoms with Gasteiger partial charge < -0.3 is 10.6 Å². The highest BCUT2D eigenvalue weighted by atomic mass is 32.1. The van der Waals surface area contributed by atoms with Gasteiger partial charge in [0.25, 0.3) is 11.5 Å². The summed E-state index contributed by atoms with van der Waals surface area (Å²) in [6, 6.07) is 6.02. The summed E-state index contributed by atoms with van der Waals surface area (Å²) in [6.07, 6.45) is 5.61. The summed E-state index contributed by atoms with van der Waals surface area (Å²) in [7, 11) is 0. The monoisotopic (exact) mass is 438 g/mol. The molecule has 162 valence electrons. The summed E-state index contributed by atoms with van der Waals surface area (Å²) >= 11 is 1.19. The molecule has 1 aromatic carbocycles. The van der Waals surface area contributed by atoms with Crippen LogP contribution in [0.3, 0.4) is 0 Å². The number of nitrogens with one attached hydrogen (secondary N) is 2. The Morgan fingerprint density at radius 1 is 1.19 bits per heavy atom. The number of thiophene rings is 1. The lowest BCUT2D eigenvalue weighted by Crippen LogP contribution is -2.37. The summed E-state index contributed by atoms with van der Waals surface area (Å²) in [5.74, 6) is -0.451. The molecule has 2 N–H and O–H groups in total. The number of carbonyl (C=O) groups is 2.